The number of nitrogens with one attached hydrogen (secondary N) is 2. The average molecular weight is 607 g/mol. The number of fused-ring (bicyclic) bond motifs is 1. The summed E-state index contributed by atoms with van der Waals surface area (Å²) >= 11 is 6.01. The molecule has 1 amide bonds. The number of halogens is 3. The minimum absolute atomic E-state index is 0. The van der Waals surface area contributed by atoms with E-state index in [4.69, 9.17) is 16.3 Å². The summed E-state index contributed by atoms with van der Waals surface area (Å²) in [7, 11) is 0. The summed E-state index contributed by atoms with van der Waals surface area (Å²) in [5.74, 6) is 1.19. The predicted molar refractivity (Wildman–Crippen MR) is 164 cm³/mol. The summed E-state index contributed by atoms with van der Waals surface area (Å²) in [6.45, 7) is 2.87. The number of pyridine rings is 1. The summed E-state index contributed by atoms with van der Waals surface area (Å²) < 4.78 is 6.13. The van der Waals surface area contributed by atoms with Gasteiger partial charge in [0, 0.05) is 41.3 Å². The van der Waals surface area contributed by atoms with Crippen LogP contribution in [0.3, 0.4) is 0 Å². The number of ether oxygens (including phenoxy) is 1. The van der Waals surface area contributed by atoms with Crippen molar-refractivity contribution in [2.24, 2.45) is 0 Å². The smallest absolute Gasteiger partial charge is 0.251 e. The molecule has 4 aromatic rings. The van der Waals surface area contributed by atoms with Gasteiger partial charge in [0.2, 0.25) is 0 Å². The number of rotatable bonds is 12. The molecule has 0 spiro atoms. The van der Waals surface area contributed by atoms with Gasteiger partial charge >= 0.3 is 0 Å². The Labute approximate surface area is 251 Å². The fourth-order valence-corrected chi connectivity index (χ4v) is 4.31. The van der Waals surface area contributed by atoms with Crippen LogP contribution in [0.25, 0.3) is 10.9 Å². The van der Waals surface area contributed by atoms with Crippen molar-refractivity contribution in [1.29, 1.82) is 0 Å². The van der Waals surface area contributed by atoms with E-state index in [2.05, 4.69) is 15.6 Å². The van der Waals surface area contributed by atoms with E-state index in [1.54, 1.807) is 42.6 Å². The third-order valence-electron chi connectivity index (χ3n) is 6.19. The summed E-state index contributed by atoms with van der Waals surface area (Å²) in [5, 5.41) is 27.8. The number of hydrogen-bond acceptors (Lipinski definition) is 6. The van der Waals surface area contributed by atoms with Crippen LogP contribution >= 0.6 is 36.4 Å². The molecule has 3 aromatic carbocycles. The average Bonchev–Trinajstić information content (AvgIpc) is 2.94. The Bertz CT molecular complexity index is 1370. The Hall–Kier alpha value is -2.91. The van der Waals surface area contributed by atoms with E-state index in [9.17, 15) is 15.0 Å². The maximum Gasteiger partial charge on any atom is 0.251 e. The minimum atomic E-state index is -0.726. The SMILES string of the molecule is CCCNC(=O)c1ccc2c(Oc3ccc(C[C@@H](CO)NC[C@H](O)c4cccc(Cl)c4)cc3)ccnc2c1.Cl.Cl. The van der Waals surface area contributed by atoms with Gasteiger partial charge in [0.05, 0.1) is 18.2 Å². The number of aromatic nitrogens is 1. The molecule has 1 aromatic heterocycles. The van der Waals surface area contributed by atoms with E-state index in [0.717, 1.165) is 22.9 Å². The van der Waals surface area contributed by atoms with E-state index < -0.39 is 6.10 Å². The zero-order valence-corrected chi connectivity index (χ0v) is 24.4. The van der Waals surface area contributed by atoms with Crippen LogP contribution in [0.1, 0.15) is 40.9 Å². The van der Waals surface area contributed by atoms with E-state index in [1.165, 1.54) is 0 Å². The third kappa shape index (κ3) is 9.06. The lowest BCUT2D eigenvalue weighted by molar-refractivity contribution is 0.0953. The summed E-state index contributed by atoms with van der Waals surface area (Å²) in [6.07, 6.45) is 2.39. The van der Waals surface area contributed by atoms with Crippen molar-refractivity contribution in [3.63, 3.8) is 0 Å². The number of carbonyl (C=O) groups is 1. The molecule has 0 saturated carbocycles. The van der Waals surface area contributed by atoms with Gasteiger partial charge in [0.15, 0.2) is 0 Å². The Morgan fingerprint density at radius 3 is 2.52 bits per heavy atom. The molecule has 2 atom stereocenters. The van der Waals surface area contributed by atoms with Gasteiger partial charge in [-0.05, 0) is 72.5 Å². The number of aliphatic hydroxyl groups excluding tert-OH is 2. The van der Waals surface area contributed by atoms with Crippen LogP contribution in [0.15, 0.2) is 79.0 Å². The Kier molecular flexibility index (Phi) is 13.6. The van der Waals surface area contributed by atoms with Crippen molar-refractivity contribution in [1.82, 2.24) is 15.6 Å². The molecule has 4 rings (SSSR count). The highest BCUT2D eigenvalue weighted by Gasteiger charge is 2.14. The lowest BCUT2D eigenvalue weighted by Crippen LogP contribution is -2.37. The molecule has 0 saturated heterocycles. The number of benzene rings is 3. The number of aliphatic hydroxyl groups is 2. The highest BCUT2D eigenvalue weighted by molar-refractivity contribution is 6.30. The molecular weight excluding hydrogens is 573 g/mol. The Morgan fingerprint density at radius 2 is 1.82 bits per heavy atom. The van der Waals surface area contributed by atoms with Crippen LogP contribution in [0, 0.1) is 0 Å². The second-order valence-electron chi connectivity index (χ2n) is 9.11. The first-order chi connectivity index (χ1) is 18.5. The van der Waals surface area contributed by atoms with Gasteiger partial charge in [-0.15, -0.1) is 24.8 Å². The van der Waals surface area contributed by atoms with Crippen LogP contribution in [0.4, 0.5) is 0 Å². The maximum absolute atomic E-state index is 12.3. The molecule has 40 heavy (non-hydrogen) atoms. The van der Waals surface area contributed by atoms with Crippen molar-refractivity contribution >= 4 is 53.2 Å². The number of amides is 1. The molecular formula is C30H34Cl3N3O4. The number of hydrogen-bond donors (Lipinski definition) is 4. The fraction of sp³-hybridized carbons (Fsp3) is 0.267. The monoisotopic (exact) mass is 605 g/mol. The normalized spacial score (nSPS) is 12.1. The van der Waals surface area contributed by atoms with Gasteiger partial charge in [0.25, 0.3) is 5.91 Å². The van der Waals surface area contributed by atoms with E-state index >= 15 is 0 Å². The fourth-order valence-electron chi connectivity index (χ4n) is 4.11. The highest BCUT2D eigenvalue weighted by atomic mass is 35.5. The second kappa shape index (κ2) is 16.4. The minimum Gasteiger partial charge on any atom is -0.457 e. The summed E-state index contributed by atoms with van der Waals surface area (Å²) in [5.41, 5.74) is 2.98. The number of nitrogens with zero attached hydrogens (tertiary/aromatic N) is 1. The van der Waals surface area contributed by atoms with Crippen molar-refractivity contribution in [3.05, 3.63) is 101 Å². The van der Waals surface area contributed by atoms with Gasteiger partial charge in [-0.25, -0.2) is 0 Å². The molecule has 0 aliphatic rings. The lowest BCUT2D eigenvalue weighted by atomic mass is 10.0. The maximum atomic E-state index is 12.3. The number of carbonyl (C=O) groups excluding carboxylic acids is 1. The molecule has 7 nitrogen and oxygen atoms in total. The first-order valence-electron chi connectivity index (χ1n) is 12.7. The molecule has 0 unspecified atom stereocenters. The van der Waals surface area contributed by atoms with E-state index in [0.29, 0.717) is 47.1 Å². The zero-order chi connectivity index (χ0) is 26.9. The van der Waals surface area contributed by atoms with Gasteiger partial charge in [-0.1, -0.05) is 42.8 Å². The van der Waals surface area contributed by atoms with Crippen LogP contribution in [0.5, 0.6) is 11.5 Å². The van der Waals surface area contributed by atoms with Gasteiger partial charge in [-0.2, -0.15) is 0 Å². The van der Waals surface area contributed by atoms with Gasteiger partial charge in [-0.3, -0.25) is 9.78 Å². The van der Waals surface area contributed by atoms with Crippen molar-refractivity contribution in [2.75, 3.05) is 19.7 Å². The molecule has 1 heterocycles. The van der Waals surface area contributed by atoms with Crippen LogP contribution in [0.2, 0.25) is 5.02 Å². The topological polar surface area (TPSA) is 104 Å². The Morgan fingerprint density at radius 1 is 1.05 bits per heavy atom. The predicted octanol–water partition coefficient (Wildman–Crippen LogP) is 5.89. The van der Waals surface area contributed by atoms with Crippen LogP contribution in [-0.4, -0.2) is 46.8 Å². The summed E-state index contributed by atoms with van der Waals surface area (Å²) in [6, 6.07) is 21.7. The van der Waals surface area contributed by atoms with Gasteiger partial charge < -0.3 is 25.6 Å². The van der Waals surface area contributed by atoms with Crippen LogP contribution in [-0.2, 0) is 6.42 Å². The lowest BCUT2D eigenvalue weighted by Gasteiger charge is -2.19. The molecule has 0 radical (unpaired) electrons. The van der Waals surface area contributed by atoms with Crippen LogP contribution < -0.4 is 15.4 Å². The Balaban J connectivity index is 0.00000280. The largest absolute Gasteiger partial charge is 0.457 e. The zero-order valence-electron chi connectivity index (χ0n) is 22.0. The third-order valence-corrected chi connectivity index (χ3v) is 6.42. The second-order valence-corrected chi connectivity index (χ2v) is 9.54. The van der Waals surface area contributed by atoms with E-state index in [1.807, 2.05) is 43.3 Å². The summed E-state index contributed by atoms with van der Waals surface area (Å²) in [4.78, 5) is 16.7. The molecule has 10 heteroatoms. The standard InChI is InChI=1S/C30H32ClN3O4.2ClH/c1-2-13-33-30(37)22-8-11-26-27(17-22)32-14-12-29(26)38-25-9-6-20(7-10-25)15-24(19-35)34-18-28(36)21-4-3-5-23(31)16-21;;/h3-12,14,16-17,24,28,34-36H,2,13,15,18-19H2,1H3,(H,33,37);2*1H/t24-,28-;;/m0../s1. The molecule has 0 bridgehead atoms. The van der Waals surface area contributed by atoms with Crippen molar-refractivity contribution in [2.45, 2.75) is 31.9 Å². The molecule has 0 fully saturated rings. The molecule has 0 aliphatic heterocycles. The van der Waals surface area contributed by atoms with Gasteiger partial charge in [0.1, 0.15) is 11.5 Å². The molecule has 4 N–H and O–H groups in total. The quantitative estimate of drug-likeness (QED) is 0.160. The highest BCUT2D eigenvalue weighted by Crippen LogP contribution is 2.29. The van der Waals surface area contributed by atoms with Crippen molar-refractivity contribution in [3.8, 4) is 11.5 Å². The van der Waals surface area contributed by atoms with Crippen molar-refractivity contribution < 1.29 is 19.7 Å². The molecule has 214 valence electrons. The first-order valence-corrected chi connectivity index (χ1v) is 13.1. The molecule has 0 aliphatic carbocycles. The van der Waals surface area contributed by atoms with E-state index in [-0.39, 0.29) is 43.4 Å². The first kappa shape index (κ1) is 33.3.